The Labute approximate surface area is 116 Å². The van der Waals surface area contributed by atoms with Gasteiger partial charge in [-0.3, -0.25) is 0 Å². The minimum absolute atomic E-state index is 0. The fraction of sp³-hybridized carbons (Fsp3) is 0.889. The smallest absolute Gasteiger partial charge is 0.358 e. The van der Waals surface area contributed by atoms with Crippen LogP contribution in [-0.2, 0) is 0 Å². The third-order valence-electron chi connectivity index (χ3n) is 0.957. The van der Waals surface area contributed by atoms with Crippen molar-refractivity contribution < 1.29 is 51.4 Å². The van der Waals surface area contributed by atoms with Crippen molar-refractivity contribution in [2.24, 2.45) is 0 Å². The summed E-state index contributed by atoms with van der Waals surface area (Å²) in [6.45, 7) is 10.6. The van der Waals surface area contributed by atoms with Crippen LogP contribution in [0.3, 0.4) is 0 Å². The molecule has 0 rings (SSSR count). The van der Waals surface area contributed by atoms with Crippen molar-refractivity contribution in [1.82, 2.24) is 5.32 Å². The van der Waals surface area contributed by atoms with E-state index in [2.05, 4.69) is 19.2 Å². The molecule has 0 unspecified atom stereocenters. The second kappa shape index (κ2) is 29.9. The zero-order valence-electron chi connectivity index (χ0n) is 9.33. The van der Waals surface area contributed by atoms with Gasteiger partial charge in [0.25, 0.3) is 0 Å². The van der Waals surface area contributed by atoms with Crippen LogP contribution < -0.4 is 56.7 Å². The molecule has 0 aliphatic rings. The number of hydrogen-bond donors (Lipinski definition) is 1. The average molecular weight is 185 g/mol. The third kappa shape index (κ3) is 34.1. The number of rotatable bonds is 4. The molecule has 0 fully saturated rings. The molecule has 11 heavy (non-hydrogen) atoms. The van der Waals surface area contributed by atoms with Crippen molar-refractivity contribution in [2.75, 3.05) is 13.1 Å². The molecule has 0 heterocycles. The van der Waals surface area contributed by atoms with Gasteiger partial charge in [-0.25, -0.2) is 0 Å². The van der Waals surface area contributed by atoms with E-state index in [-0.39, 0.29) is 58.8 Å². The van der Waals surface area contributed by atoms with Crippen LogP contribution in [0.2, 0.25) is 0 Å². The first kappa shape index (κ1) is 22.9. The van der Waals surface area contributed by atoms with E-state index < -0.39 is 0 Å². The van der Waals surface area contributed by atoms with Crippen molar-refractivity contribution in [3.8, 4) is 0 Å². The second-order valence-corrected chi connectivity index (χ2v) is 1.71. The molecule has 66 valence electrons. The van der Waals surface area contributed by atoms with E-state index in [0.29, 0.717) is 0 Å². The molecule has 0 aromatic carbocycles. The topological polar surface area (TPSA) is 12.0 Å². The summed E-state index contributed by atoms with van der Waals surface area (Å²) in [5.41, 5.74) is 0. The minimum Gasteiger partial charge on any atom is -0.358 e. The summed E-state index contributed by atoms with van der Waals surface area (Å²) >= 11 is 0. The van der Waals surface area contributed by atoms with E-state index in [1.54, 1.807) is 0 Å². The van der Waals surface area contributed by atoms with Gasteiger partial charge in [0, 0.05) is 0 Å². The Bertz CT molecular complexity index is 28.7. The molecule has 0 radical (unpaired) electrons. The van der Waals surface area contributed by atoms with E-state index in [1.807, 2.05) is 13.8 Å². The molecule has 0 aliphatic carbocycles. The van der Waals surface area contributed by atoms with Crippen molar-refractivity contribution in [1.29, 1.82) is 0 Å². The molecule has 0 amide bonds. The van der Waals surface area contributed by atoms with E-state index in [9.17, 15) is 0 Å². The molecule has 0 aliphatic heterocycles. The molecule has 1 nitrogen and oxygen atoms in total. The summed E-state index contributed by atoms with van der Waals surface area (Å²) in [6, 6.07) is 0. The zero-order chi connectivity index (χ0) is 7.54. The Balaban J connectivity index is -0.0000000564. The summed E-state index contributed by atoms with van der Waals surface area (Å²) < 4.78 is 0. The zero-order valence-corrected chi connectivity index (χ0v) is 12.5. The molecule has 2 heteroatoms. The molecule has 0 saturated heterocycles. The predicted octanol–water partition coefficient (Wildman–Crippen LogP) is -0.124. The SMILES string of the molecule is CC.CCCCNCC.[CH3-].[K+]. The standard InChI is InChI=1S/C6H15N.C2H6.CH3.K/c1-3-5-6-7-4-2;1-2;;/h7H,3-6H2,1-2H3;1-2H3;1H3;/q;;-1;+1. The molecule has 0 atom stereocenters. The summed E-state index contributed by atoms with van der Waals surface area (Å²) in [5.74, 6) is 0. The van der Waals surface area contributed by atoms with Gasteiger partial charge in [-0.2, -0.15) is 0 Å². The summed E-state index contributed by atoms with van der Waals surface area (Å²) in [5, 5.41) is 3.25. The van der Waals surface area contributed by atoms with E-state index in [0.717, 1.165) is 6.54 Å². The molecule has 1 N–H and O–H groups in total. The van der Waals surface area contributed by atoms with Gasteiger partial charge in [0.15, 0.2) is 0 Å². The molecule has 0 bridgehead atoms. The monoisotopic (exact) mass is 185 g/mol. The van der Waals surface area contributed by atoms with E-state index in [4.69, 9.17) is 0 Å². The first-order valence-corrected chi connectivity index (χ1v) is 4.12. The minimum atomic E-state index is 0. The van der Waals surface area contributed by atoms with Gasteiger partial charge in [-0.05, 0) is 19.5 Å². The van der Waals surface area contributed by atoms with Crippen molar-refractivity contribution in [3.63, 3.8) is 0 Å². The Morgan fingerprint density at radius 1 is 1.09 bits per heavy atom. The summed E-state index contributed by atoms with van der Waals surface area (Å²) in [6.07, 6.45) is 2.61. The van der Waals surface area contributed by atoms with Crippen molar-refractivity contribution in [2.45, 2.75) is 40.5 Å². The van der Waals surface area contributed by atoms with Gasteiger partial charge in [0.2, 0.25) is 0 Å². The summed E-state index contributed by atoms with van der Waals surface area (Å²) in [4.78, 5) is 0. The van der Waals surface area contributed by atoms with Gasteiger partial charge in [0.1, 0.15) is 0 Å². The molecule has 0 spiro atoms. The molecular weight excluding hydrogens is 161 g/mol. The van der Waals surface area contributed by atoms with Gasteiger partial charge < -0.3 is 12.7 Å². The van der Waals surface area contributed by atoms with Crippen molar-refractivity contribution in [3.05, 3.63) is 7.43 Å². The van der Waals surface area contributed by atoms with Crippen LogP contribution in [0.15, 0.2) is 0 Å². The maximum Gasteiger partial charge on any atom is 1.00 e. The maximum absolute atomic E-state index is 3.25. The second-order valence-electron chi connectivity index (χ2n) is 1.71. The van der Waals surface area contributed by atoms with Gasteiger partial charge in [0.05, 0.1) is 0 Å². The van der Waals surface area contributed by atoms with Crippen LogP contribution in [0.5, 0.6) is 0 Å². The Kier molecular flexibility index (Phi) is 62.4. The largest absolute Gasteiger partial charge is 1.00 e. The predicted molar refractivity (Wildman–Crippen MR) is 51.2 cm³/mol. The van der Waals surface area contributed by atoms with Crippen LogP contribution in [0.4, 0.5) is 0 Å². The van der Waals surface area contributed by atoms with E-state index in [1.165, 1.54) is 19.4 Å². The fourth-order valence-electron chi connectivity index (χ4n) is 0.479. The third-order valence-corrected chi connectivity index (χ3v) is 0.957. The molecule has 0 saturated carbocycles. The van der Waals surface area contributed by atoms with Gasteiger partial charge >= 0.3 is 51.4 Å². The van der Waals surface area contributed by atoms with Crippen LogP contribution in [0, 0.1) is 7.43 Å². The van der Waals surface area contributed by atoms with Crippen molar-refractivity contribution >= 4 is 0 Å². The van der Waals surface area contributed by atoms with Crippen LogP contribution >= 0.6 is 0 Å². The first-order chi connectivity index (χ1) is 4.41. The van der Waals surface area contributed by atoms with Crippen LogP contribution in [0.25, 0.3) is 0 Å². The van der Waals surface area contributed by atoms with Gasteiger partial charge in [-0.1, -0.05) is 34.1 Å². The molecule has 0 aromatic rings. The summed E-state index contributed by atoms with van der Waals surface area (Å²) in [7, 11) is 0. The molecular formula is C9H24KN. The quantitative estimate of drug-likeness (QED) is 0.366. The normalized spacial score (nSPS) is 6.55. The fourth-order valence-corrected chi connectivity index (χ4v) is 0.479. The van der Waals surface area contributed by atoms with E-state index >= 15 is 0 Å². The number of hydrogen-bond acceptors (Lipinski definition) is 1. The maximum atomic E-state index is 3.25. The van der Waals surface area contributed by atoms with Crippen LogP contribution in [-0.4, -0.2) is 13.1 Å². The number of nitrogens with one attached hydrogen (secondary N) is 1. The van der Waals surface area contributed by atoms with Crippen LogP contribution in [0.1, 0.15) is 40.5 Å². The Hall–Kier alpha value is 1.60. The van der Waals surface area contributed by atoms with Gasteiger partial charge in [-0.15, -0.1) is 0 Å². The Morgan fingerprint density at radius 3 is 1.82 bits per heavy atom. The number of unbranched alkanes of at least 4 members (excludes halogenated alkanes) is 1. The first-order valence-electron chi connectivity index (χ1n) is 4.12. The average Bonchev–Trinajstić information content (AvgIpc) is 1.94. The Morgan fingerprint density at radius 2 is 1.55 bits per heavy atom. The molecule has 0 aromatic heterocycles.